The van der Waals surface area contributed by atoms with Gasteiger partial charge in [0.05, 0.1) is 0 Å². The van der Waals surface area contributed by atoms with Gasteiger partial charge in [0.2, 0.25) is 0 Å². The van der Waals surface area contributed by atoms with Crippen molar-refractivity contribution in [2.24, 2.45) is 0 Å². The van der Waals surface area contributed by atoms with Crippen LogP contribution in [0.25, 0.3) is 88.4 Å². The molecule has 7 aromatic carbocycles. The molecule has 0 amide bonds. The number of aromatic nitrogens is 3. The van der Waals surface area contributed by atoms with E-state index in [1.165, 1.54) is 32.3 Å². The van der Waals surface area contributed by atoms with Crippen LogP contribution in [0.1, 0.15) is 0 Å². The van der Waals surface area contributed by atoms with Gasteiger partial charge in [-0.3, -0.25) is 0 Å². The highest BCUT2D eigenvalue weighted by Gasteiger charge is 2.15. The van der Waals surface area contributed by atoms with E-state index in [2.05, 4.69) is 84.9 Å². The van der Waals surface area contributed by atoms with Gasteiger partial charge < -0.3 is 4.42 Å². The van der Waals surface area contributed by atoms with Crippen molar-refractivity contribution in [2.45, 2.75) is 0 Å². The summed E-state index contributed by atoms with van der Waals surface area (Å²) < 4.78 is 6.19. The van der Waals surface area contributed by atoms with Gasteiger partial charge in [-0.2, -0.15) is 0 Å². The molecule has 9 rings (SSSR count). The second-order valence-electron chi connectivity index (χ2n) is 10.9. The Morgan fingerprint density at radius 2 is 0.860 bits per heavy atom. The van der Waals surface area contributed by atoms with Crippen LogP contribution in [-0.4, -0.2) is 15.0 Å². The van der Waals surface area contributed by atoms with E-state index in [9.17, 15) is 0 Å². The number of fused-ring (bicyclic) bond motifs is 8. The molecule has 9 aromatic rings. The van der Waals surface area contributed by atoms with Crippen LogP contribution in [0, 0.1) is 0 Å². The number of benzene rings is 7. The number of nitrogens with zero attached hydrogens (tertiary/aromatic N) is 3. The molecule has 4 nitrogen and oxygen atoms in total. The van der Waals surface area contributed by atoms with E-state index in [-0.39, 0.29) is 0 Å². The Hall–Kier alpha value is -5.87. The first-order chi connectivity index (χ1) is 21.3. The molecule has 0 spiro atoms. The standard InChI is InChI=1S/C39H23N3O/c1-2-9-26(10-3-1)37-40-38(42-39(41-37)28-18-21-33-32-12-6-7-13-35(32)43-36(33)23-28)27-15-14-25-17-19-30-29-11-5-4-8-24(29)16-20-31(30)34(25)22-27/h1-23H. The van der Waals surface area contributed by atoms with Crippen molar-refractivity contribution in [2.75, 3.05) is 0 Å². The SMILES string of the molecule is c1ccc(-c2nc(-c3ccc4c(c3)oc3ccccc34)nc(-c3ccc4ccc5c6ccccc6ccc5c4c3)n2)cc1. The quantitative estimate of drug-likeness (QED) is 0.206. The maximum absolute atomic E-state index is 6.19. The Bertz CT molecular complexity index is 2510. The number of para-hydroxylation sites is 1. The van der Waals surface area contributed by atoms with Crippen molar-refractivity contribution in [3.8, 4) is 34.2 Å². The first kappa shape index (κ1) is 23.8. The highest BCUT2D eigenvalue weighted by Crippen LogP contribution is 2.35. The minimum atomic E-state index is 0.607. The van der Waals surface area contributed by atoms with Crippen LogP contribution in [0.2, 0.25) is 0 Å². The predicted molar refractivity (Wildman–Crippen MR) is 176 cm³/mol. The van der Waals surface area contributed by atoms with E-state index < -0.39 is 0 Å². The Morgan fingerprint density at radius 1 is 0.326 bits per heavy atom. The van der Waals surface area contributed by atoms with Gasteiger partial charge in [0, 0.05) is 27.5 Å². The van der Waals surface area contributed by atoms with Gasteiger partial charge in [-0.15, -0.1) is 0 Å². The molecule has 0 bridgehead atoms. The maximum Gasteiger partial charge on any atom is 0.164 e. The predicted octanol–water partition coefficient (Wildman–Crippen LogP) is 10.2. The lowest BCUT2D eigenvalue weighted by Gasteiger charge is -2.11. The molecule has 0 saturated heterocycles. The Kier molecular flexibility index (Phi) is 5.16. The van der Waals surface area contributed by atoms with Crippen molar-refractivity contribution in [1.29, 1.82) is 0 Å². The summed E-state index contributed by atoms with van der Waals surface area (Å²) in [6, 6.07) is 48.2. The summed E-state index contributed by atoms with van der Waals surface area (Å²) in [7, 11) is 0. The number of rotatable bonds is 3. The molecule has 0 aliphatic heterocycles. The molecule has 0 N–H and O–H groups in total. The fourth-order valence-corrected chi connectivity index (χ4v) is 6.17. The van der Waals surface area contributed by atoms with E-state index in [0.717, 1.165) is 38.6 Å². The maximum atomic E-state index is 6.19. The van der Waals surface area contributed by atoms with Gasteiger partial charge in [0.25, 0.3) is 0 Å². The van der Waals surface area contributed by atoms with Gasteiger partial charge >= 0.3 is 0 Å². The summed E-state index contributed by atoms with van der Waals surface area (Å²) >= 11 is 0. The second-order valence-corrected chi connectivity index (χ2v) is 10.9. The molecule has 0 atom stereocenters. The number of hydrogen-bond donors (Lipinski definition) is 0. The van der Waals surface area contributed by atoms with Crippen molar-refractivity contribution in [1.82, 2.24) is 15.0 Å². The third-order valence-corrected chi connectivity index (χ3v) is 8.31. The molecule has 0 saturated carbocycles. The first-order valence-electron chi connectivity index (χ1n) is 14.4. The molecule has 0 aliphatic rings. The van der Waals surface area contributed by atoms with Crippen molar-refractivity contribution in [3.63, 3.8) is 0 Å². The third kappa shape index (κ3) is 3.88. The zero-order chi connectivity index (χ0) is 28.3. The molecule has 2 aromatic heterocycles. The molecule has 43 heavy (non-hydrogen) atoms. The highest BCUT2D eigenvalue weighted by molar-refractivity contribution is 6.17. The summed E-state index contributed by atoms with van der Waals surface area (Å²) in [4.78, 5) is 15.0. The zero-order valence-electron chi connectivity index (χ0n) is 23.0. The summed E-state index contributed by atoms with van der Waals surface area (Å²) in [6.07, 6.45) is 0. The third-order valence-electron chi connectivity index (χ3n) is 8.31. The average Bonchev–Trinajstić information content (AvgIpc) is 3.46. The van der Waals surface area contributed by atoms with Crippen LogP contribution in [0.15, 0.2) is 144 Å². The average molecular weight is 550 g/mol. The zero-order valence-corrected chi connectivity index (χ0v) is 23.0. The monoisotopic (exact) mass is 549 g/mol. The molecule has 0 unspecified atom stereocenters. The lowest BCUT2D eigenvalue weighted by Crippen LogP contribution is -2.00. The van der Waals surface area contributed by atoms with Gasteiger partial charge in [0.15, 0.2) is 17.5 Å². The molecular weight excluding hydrogens is 526 g/mol. The summed E-state index contributed by atoms with van der Waals surface area (Å²) in [6.45, 7) is 0. The summed E-state index contributed by atoms with van der Waals surface area (Å²) in [5, 5.41) is 9.47. The van der Waals surface area contributed by atoms with E-state index in [1.807, 2.05) is 54.6 Å². The van der Waals surface area contributed by atoms with Crippen LogP contribution in [0.5, 0.6) is 0 Å². The molecule has 2 heterocycles. The van der Waals surface area contributed by atoms with Crippen LogP contribution in [-0.2, 0) is 0 Å². The van der Waals surface area contributed by atoms with Gasteiger partial charge in [0.1, 0.15) is 11.2 Å². The van der Waals surface area contributed by atoms with E-state index in [1.54, 1.807) is 0 Å². The first-order valence-corrected chi connectivity index (χ1v) is 14.4. The fraction of sp³-hybridized carbons (Fsp3) is 0. The lowest BCUT2D eigenvalue weighted by molar-refractivity contribution is 0.669. The highest BCUT2D eigenvalue weighted by atomic mass is 16.3. The lowest BCUT2D eigenvalue weighted by atomic mass is 9.96. The van der Waals surface area contributed by atoms with Crippen LogP contribution in [0.3, 0.4) is 0 Å². The smallest absolute Gasteiger partial charge is 0.164 e. The van der Waals surface area contributed by atoms with E-state index >= 15 is 0 Å². The molecule has 0 fully saturated rings. The Labute approximate surface area is 246 Å². The van der Waals surface area contributed by atoms with E-state index in [0.29, 0.717) is 17.5 Å². The van der Waals surface area contributed by atoms with E-state index in [4.69, 9.17) is 19.4 Å². The molecule has 4 heteroatoms. The topological polar surface area (TPSA) is 51.8 Å². The Morgan fingerprint density at radius 3 is 1.67 bits per heavy atom. The molecule has 0 radical (unpaired) electrons. The normalized spacial score (nSPS) is 11.7. The largest absolute Gasteiger partial charge is 0.456 e. The molecule has 0 aliphatic carbocycles. The van der Waals surface area contributed by atoms with Gasteiger partial charge in [-0.1, -0.05) is 115 Å². The number of furan rings is 1. The van der Waals surface area contributed by atoms with Crippen molar-refractivity contribution in [3.05, 3.63) is 140 Å². The minimum absolute atomic E-state index is 0.607. The van der Waals surface area contributed by atoms with Crippen LogP contribution < -0.4 is 0 Å². The molecular formula is C39H23N3O. The van der Waals surface area contributed by atoms with Crippen molar-refractivity contribution >= 4 is 54.3 Å². The van der Waals surface area contributed by atoms with Gasteiger partial charge in [-0.25, -0.2) is 15.0 Å². The van der Waals surface area contributed by atoms with Crippen molar-refractivity contribution < 1.29 is 4.42 Å². The number of hydrogen-bond acceptors (Lipinski definition) is 4. The summed E-state index contributed by atoms with van der Waals surface area (Å²) in [5.74, 6) is 1.87. The second kappa shape index (κ2) is 9.33. The Balaban J connectivity index is 1.26. The minimum Gasteiger partial charge on any atom is -0.456 e. The summed E-state index contributed by atoms with van der Waals surface area (Å²) in [5.41, 5.74) is 4.44. The van der Waals surface area contributed by atoms with Crippen LogP contribution >= 0.6 is 0 Å². The molecule has 200 valence electrons. The van der Waals surface area contributed by atoms with Crippen LogP contribution in [0.4, 0.5) is 0 Å². The van der Waals surface area contributed by atoms with Gasteiger partial charge in [-0.05, 0) is 56.6 Å². The fourth-order valence-electron chi connectivity index (χ4n) is 6.17.